The minimum Gasteiger partial charge on any atom is -0.491 e. The smallest absolute Gasteiger partial charge is 0.323 e. The zero-order valence-corrected chi connectivity index (χ0v) is 14.7. The first kappa shape index (κ1) is 18.0. The predicted octanol–water partition coefficient (Wildman–Crippen LogP) is 1.00. The van der Waals surface area contributed by atoms with Crippen LogP contribution in [-0.2, 0) is 11.3 Å². The molecule has 1 saturated heterocycles. The second-order valence-corrected chi connectivity index (χ2v) is 6.45. The number of nitrogens with two attached hydrogens (primary N) is 1. The largest absolute Gasteiger partial charge is 0.491 e. The summed E-state index contributed by atoms with van der Waals surface area (Å²) in [6, 6.07) is 3.34. The Morgan fingerprint density at radius 2 is 2.29 bits per heavy atom. The summed E-state index contributed by atoms with van der Waals surface area (Å²) in [5.74, 6) is 0.714. The van der Waals surface area contributed by atoms with Crippen molar-refractivity contribution >= 4 is 23.4 Å². The third-order valence-corrected chi connectivity index (χ3v) is 4.59. The van der Waals surface area contributed by atoms with E-state index in [4.69, 9.17) is 10.5 Å². The van der Waals surface area contributed by atoms with Crippen LogP contribution in [0.2, 0.25) is 0 Å². The minimum absolute atomic E-state index is 0.0172. The van der Waals surface area contributed by atoms with Gasteiger partial charge in [-0.1, -0.05) is 0 Å². The van der Waals surface area contributed by atoms with Crippen molar-refractivity contribution < 1.29 is 23.1 Å². The Balaban J connectivity index is 1.68. The molecule has 0 radical (unpaired) electrons. The number of primary amides is 1. The van der Waals surface area contributed by atoms with Crippen molar-refractivity contribution in [3.8, 4) is 17.1 Å². The van der Waals surface area contributed by atoms with Crippen LogP contribution in [0.4, 0.5) is 25.1 Å². The van der Waals surface area contributed by atoms with Gasteiger partial charge in [-0.3, -0.25) is 9.69 Å². The van der Waals surface area contributed by atoms with Crippen LogP contribution in [-0.4, -0.2) is 53.7 Å². The number of nitrogens with one attached hydrogen (secondary N) is 2. The maximum Gasteiger partial charge on any atom is 0.323 e. The molecule has 2 aliphatic rings. The highest BCUT2D eigenvalue weighted by Crippen LogP contribution is 2.36. The summed E-state index contributed by atoms with van der Waals surface area (Å²) in [6.07, 6.45) is -1.11. The fourth-order valence-electron chi connectivity index (χ4n) is 3.28. The summed E-state index contributed by atoms with van der Waals surface area (Å²) in [5, 5.41) is 5.32. The molecular weight excluding hydrogens is 374 g/mol. The molecule has 4 N–H and O–H groups in total. The number of hydrogen-bond donors (Lipinski definition) is 3. The average molecular weight is 392 g/mol. The van der Waals surface area contributed by atoms with Crippen LogP contribution in [0, 0.1) is 0 Å². The molecule has 1 atom stereocenters. The van der Waals surface area contributed by atoms with E-state index in [1.54, 1.807) is 29.0 Å². The van der Waals surface area contributed by atoms with E-state index < -0.39 is 24.4 Å². The number of carbonyl (C=O) groups is 2. The monoisotopic (exact) mass is 392 g/mol. The SMILES string of the molecule is NC(=O)CNc1ccc2c(c1)OCCn1cc(N3C(=O)NCC3C(F)F)nc1-2. The Hall–Kier alpha value is -3.37. The second kappa shape index (κ2) is 6.98. The van der Waals surface area contributed by atoms with Crippen molar-refractivity contribution in [3.05, 3.63) is 24.4 Å². The van der Waals surface area contributed by atoms with Gasteiger partial charge in [-0.2, -0.15) is 0 Å². The van der Waals surface area contributed by atoms with Crippen molar-refractivity contribution in [1.82, 2.24) is 14.9 Å². The summed E-state index contributed by atoms with van der Waals surface area (Å²) >= 11 is 0. The van der Waals surface area contributed by atoms with E-state index >= 15 is 0 Å². The highest BCUT2D eigenvalue weighted by atomic mass is 19.3. The van der Waals surface area contributed by atoms with Crippen LogP contribution in [0.15, 0.2) is 24.4 Å². The summed E-state index contributed by atoms with van der Waals surface area (Å²) < 4.78 is 34.1. The highest BCUT2D eigenvalue weighted by molar-refractivity contribution is 5.94. The van der Waals surface area contributed by atoms with Crippen LogP contribution >= 0.6 is 0 Å². The van der Waals surface area contributed by atoms with Gasteiger partial charge in [0.05, 0.1) is 18.7 Å². The maximum absolute atomic E-state index is 13.3. The molecule has 11 heteroatoms. The molecule has 148 valence electrons. The summed E-state index contributed by atoms with van der Waals surface area (Å²) in [7, 11) is 0. The first-order chi connectivity index (χ1) is 13.4. The molecule has 0 spiro atoms. The average Bonchev–Trinajstić information content (AvgIpc) is 3.19. The van der Waals surface area contributed by atoms with Gasteiger partial charge in [0, 0.05) is 24.5 Å². The fourth-order valence-corrected chi connectivity index (χ4v) is 3.28. The molecule has 1 aromatic heterocycles. The lowest BCUT2D eigenvalue weighted by atomic mass is 10.1. The fraction of sp³-hybridized carbons (Fsp3) is 0.353. The standard InChI is InChI=1S/C17H18F2N6O3/c18-15(19)11-6-22-17(27)25(11)14-8-24-3-4-28-12-5-9(21-7-13(20)26)1-2-10(12)16(24)23-14/h1-2,5,8,11,15,21H,3-4,6-7H2,(H2,20,26)(H,22,27). The normalized spacial score (nSPS) is 18.2. The molecule has 4 rings (SSSR count). The molecule has 1 unspecified atom stereocenters. The van der Waals surface area contributed by atoms with E-state index in [-0.39, 0.29) is 18.9 Å². The second-order valence-electron chi connectivity index (χ2n) is 6.45. The zero-order chi connectivity index (χ0) is 19.8. The molecule has 1 fully saturated rings. The lowest BCUT2D eigenvalue weighted by Gasteiger charge is -2.19. The van der Waals surface area contributed by atoms with E-state index in [9.17, 15) is 18.4 Å². The molecule has 3 amide bonds. The number of fused-ring (bicyclic) bond motifs is 3. The van der Waals surface area contributed by atoms with Crippen LogP contribution < -0.4 is 26.0 Å². The predicted molar refractivity (Wildman–Crippen MR) is 96.5 cm³/mol. The molecule has 0 saturated carbocycles. The third-order valence-electron chi connectivity index (χ3n) is 4.59. The Bertz CT molecular complexity index is 932. The lowest BCUT2D eigenvalue weighted by molar-refractivity contribution is -0.116. The summed E-state index contributed by atoms with van der Waals surface area (Å²) in [5.41, 5.74) is 6.44. The molecule has 2 aromatic rings. The van der Waals surface area contributed by atoms with Crippen molar-refractivity contribution in [2.45, 2.75) is 19.0 Å². The molecule has 3 heterocycles. The van der Waals surface area contributed by atoms with Gasteiger partial charge in [-0.15, -0.1) is 0 Å². The van der Waals surface area contributed by atoms with Gasteiger partial charge < -0.3 is 25.7 Å². The third kappa shape index (κ3) is 3.19. The minimum atomic E-state index is -2.69. The highest BCUT2D eigenvalue weighted by Gasteiger charge is 2.40. The number of alkyl halides is 2. The Kier molecular flexibility index (Phi) is 4.49. The van der Waals surface area contributed by atoms with Gasteiger partial charge in [-0.05, 0) is 12.1 Å². The van der Waals surface area contributed by atoms with E-state index in [1.165, 1.54) is 0 Å². The Morgan fingerprint density at radius 3 is 3.04 bits per heavy atom. The van der Waals surface area contributed by atoms with Crippen LogP contribution in [0.25, 0.3) is 11.4 Å². The summed E-state index contributed by atoms with van der Waals surface area (Å²) in [4.78, 5) is 28.4. The van der Waals surface area contributed by atoms with Gasteiger partial charge in [0.2, 0.25) is 5.91 Å². The Morgan fingerprint density at radius 1 is 1.46 bits per heavy atom. The molecule has 2 aliphatic heterocycles. The van der Waals surface area contributed by atoms with Crippen LogP contribution in [0.1, 0.15) is 0 Å². The molecular formula is C17H18F2N6O3. The quantitative estimate of drug-likeness (QED) is 0.703. The van der Waals surface area contributed by atoms with Crippen molar-refractivity contribution in [3.63, 3.8) is 0 Å². The van der Waals surface area contributed by atoms with Crippen LogP contribution in [0.5, 0.6) is 5.75 Å². The number of aromatic nitrogens is 2. The van der Waals surface area contributed by atoms with Gasteiger partial charge in [0.15, 0.2) is 5.82 Å². The van der Waals surface area contributed by atoms with Gasteiger partial charge in [0.1, 0.15) is 24.2 Å². The Labute approximate surface area is 158 Å². The molecule has 0 bridgehead atoms. The number of benzene rings is 1. The van der Waals surface area contributed by atoms with Crippen molar-refractivity contribution in [2.75, 3.05) is 29.9 Å². The molecule has 0 aliphatic carbocycles. The number of nitrogens with zero attached hydrogens (tertiary/aromatic N) is 3. The van der Waals surface area contributed by atoms with Crippen molar-refractivity contribution in [2.24, 2.45) is 5.73 Å². The first-order valence-corrected chi connectivity index (χ1v) is 8.66. The number of ether oxygens (including phenoxy) is 1. The van der Waals surface area contributed by atoms with Gasteiger partial charge in [-0.25, -0.2) is 18.6 Å². The number of amides is 3. The lowest BCUT2D eigenvalue weighted by Crippen LogP contribution is -2.39. The van der Waals surface area contributed by atoms with E-state index in [2.05, 4.69) is 15.6 Å². The van der Waals surface area contributed by atoms with E-state index in [1.807, 2.05) is 0 Å². The number of hydrogen-bond acceptors (Lipinski definition) is 5. The van der Waals surface area contributed by atoms with E-state index in [0.29, 0.717) is 36.0 Å². The van der Waals surface area contributed by atoms with Crippen molar-refractivity contribution in [1.29, 1.82) is 0 Å². The first-order valence-electron chi connectivity index (χ1n) is 8.66. The molecule has 1 aromatic carbocycles. The topological polar surface area (TPSA) is 115 Å². The van der Waals surface area contributed by atoms with E-state index in [0.717, 1.165) is 4.90 Å². The summed E-state index contributed by atoms with van der Waals surface area (Å²) in [6.45, 7) is 0.624. The number of urea groups is 1. The molecule has 28 heavy (non-hydrogen) atoms. The van der Waals surface area contributed by atoms with Gasteiger partial charge >= 0.3 is 6.03 Å². The number of anilines is 2. The van der Waals surface area contributed by atoms with Gasteiger partial charge in [0.25, 0.3) is 6.43 Å². The molecule has 9 nitrogen and oxygen atoms in total. The number of carbonyl (C=O) groups excluding carboxylic acids is 2. The number of imidazole rings is 1. The zero-order valence-electron chi connectivity index (χ0n) is 14.7. The number of rotatable bonds is 5. The van der Waals surface area contributed by atoms with Crippen LogP contribution in [0.3, 0.4) is 0 Å². The maximum atomic E-state index is 13.3. The number of halogens is 2.